The molecule has 7 heteroatoms. The van der Waals surface area contributed by atoms with Crippen LogP contribution in [0, 0.1) is 6.92 Å². The molecule has 0 radical (unpaired) electrons. The van der Waals surface area contributed by atoms with Gasteiger partial charge in [-0.2, -0.15) is 0 Å². The van der Waals surface area contributed by atoms with Gasteiger partial charge in [0, 0.05) is 23.7 Å². The number of aromatic nitrogens is 5. The van der Waals surface area contributed by atoms with E-state index in [2.05, 4.69) is 49.1 Å². The normalized spacial score (nSPS) is 18.6. The SMILES string of the molecule is Cc1ccc2[nH]c(=O)c(CN(Cc3nnnn3C3CCCCC3)C3CCCCC3)cc2c1. The summed E-state index contributed by atoms with van der Waals surface area (Å²) >= 11 is 0. The number of tetrazole rings is 1. The molecule has 2 saturated carbocycles. The number of nitrogens with one attached hydrogen (secondary N) is 1. The van der Waals surface area contributed by atoms with Gasteiger partial charge in [0.15, 0.2) is 5.82 Å². The lowest BCUT2D eigenvalue weighted by Crippen LogP contribution is -2.38. The number of aryl methyl sites for hydroxylation is 1. The second-order valence-electron chi connectivity index (χ2n) is 9.74. The molecule has 2 aromatic heterocycles. The van der Waals surface area contributed by atoms with E-state index >= 15 is 0 Å². The first-order chi connectivity index (χ1) is 15.7. The second kappa shape index (κ2) is 9.53. The third-order valence-corrected chi connectivity index (χ3v) is 7.37. The average molecular weight is 435 g/mol. The highest BCUT2D eigenvalue weighted by Gasteiger charge is 2.26. The second-order valence-corrected chi connectivity index (χ2v) is 9.74. The highest BCUT2D eigenvalue weighted by molar-refractivity contribution is 5.79. The van der Waals surface area contributed by atoms with Crippen molar-refractivity contribution in [1.29, 1.82) is 0 Å². The first kappa shape index (κ1) is 21.3. The molecule has 0 bridgehead atoms. The molecule has 0 saturated heterocycles. The van der Waals surface area contributed by atoms with E-state index in [4.69, 9.17) is 0 Å². The van der Waals surface area contributed by atoms with Crippen molar-refractivity contribution in [1.82, 2.24) is 30.1 Å². The fraction of sp³-hybridized carbons (Fsp3) is 0.600. The van der Waals surface area contributed by atoms with Crippen molar-refractivity contribution in [3.63, 3.8) is 0 Å². The smallest absolute Gasteiger partial charge is 0.252 e. The summed E-state index contributed by atoms with van der Waals surface area (Å²) in [5.74, 6) is 0.940. The molecule has 2 aliphatic rings. The maximum atomic E-state index is 12.9. The molecule has 0 atom stereocenters. The Hall–Kier alpha value is -2.54. The van der Waals surface area contributed by atoms with Crippen LogP contribution in [0.1, 0.15) is 87.2 Å². The molecule has 2 heterocycles. The number of nitrogens with zero attached hydrogens (tertiary/aromatic N) is 5. The van der Waals surface area contributed by atoms with Gasteiger partial charge < -0.3 is 4.98 Å². The first-order valence-corrected chi connectivity index (χ1v) is 12.3. The van der Waals surface area contributed by atoms with E-state index in [0.717, 1.165) is 35.1 Å². The van der Waals surface area contributed by atoms with E-state index in [1.165, 1.54) is 56.9 Å². The van der Waals surface area contributed by atoms with Crippen molar-refractivity contribution in [2.45, 2.75) is 96.3 Å². The zero-order valence-electron chi connectivity index (χ0n) is 19.1. The minimum absolute atomic E-state index is 0.00837. The van der Waals surface area contributed by atoms with Crippen LogP contribution in [0.5, 0.6) is 0 Å². The van der Waals surface area contributed by atoms with E-state index in [1.54, 1.807) is 0 Å². The molecule has 2 aliphatic carbocycles. The van der Waals surface area contributed by atoms with Crippen molar-refractivity contribution >= 4 is 10.9 Å². The predicted octanol–water partition coefficient (Wildman–Crippen LogP) is 4.66. The maximum absolute atomic E-state index is 12.9. The summed E-state index contributed by atoms with van der Waals surface area (Å²) in [6, 6.07) is 9.12. The Morgan fingerprint density at radius 3 is 2.53 bits per heavy atom. The van der Waals surface area contributed by atoms with Gasteiger partial charge >= 0.3 is 0 Å². The van der Waals surface area contributed by atoms with Crippen LogP contribution in [0.25, 0.3) is 10.9 Å². The minimum Gasteiger partial charge on any atom is -0.322 e. The van der Waals surface area contributed by atoms with Crippen molar-refractivity contribution in [3.05, 3.63) is 51.6 Å². The average Bonchev–Trinajstić information content (AvgIpc) is 3.29. The van der Waals surface area contributed by atoms with Crippen LogP contribution in [0.4, 0.5) is 0 Å². The Labute approximate surface area is 189 Å². The van der Waals surface area contributed by atoms with Gasteiger partial charge in [0.1, 0.15) is 0 Å². The number of benzene rings is 1. The van der Waals surface area contributed by atoms with Crippen LogP contribution in [0.15, 0.2) is 29.1 Å². The first-order valence-electron chi connectivity index (χ1n) is 12.3. The highest BCUT2D eigenvalue weighted by atomic mass is 16.1. The molecule has 0 amide bonds. The Morgan fingerprint density at radius 2 is 1.75 bits per heavy atom. The molecule has 3 aromatic rings. The maximum Gasteiger partial charge on any atom is 0.252 e. The van der Waals surface area contributed by atoms with Crippen LogP contribution in [0.2, 0.25) is 0 Å². The topological polar surface area (TPSA) is 79.7 Å². The van der Waals surface area contributed by atoms with E-state index < -0.39 is 0 Å². The monoisotopic (exact) mass is 434 g/mol. The van der Waals surface area contributed by atoms with Gasteiger partial charge in [0.25, 0.3) is 5.56 Å². The Kier molecular flexibility index (Phi) is 6.35. The lowest BCUT2D eigenvalue weighted by molar-refractivity contribution is 0.131. The van der Waals surface area contributed by atoms with E-state index in [-0.39, 0.29) is 5.56 Å². The molecule has 5 rings (SSSR count). The lowest BCUT2D eigenvalue weighted by Gasteiger charge is -2.34. The summed E-state index contributed by atoms with van der Waals surface area (Å²) in [5, 5.41) is 13.9. The molecule has 0 unspecified atom stereocenters. The summed E-state index contributed by atoms with van der Waals surface area (Å²) in [6.45, 7) is 3.41. The number of hydrogen-bond donors (Lipinski definition) is 1. The summed E-state index contributed by atoms with van der Waals surface area (Å²) in [7, 11) is 0. The molecule has 0 spiro atoms. The van der Waals surface area contributed by atoms with Crippen molar-refractivity contribution < 1.29 is 0 Å². The number of pyridine rings is 1. The Balaban J connectivity index is 1.43. The standard InChI is InChI=1S/C25H34N6O/c1-18-12-13-23-19(14-18)15-20(25(32)26-23)16-30(21-8-4-2-5-9-21)17-24-27-28-29-31(24)22-10-6-3-7-11-22/h12-15,21-22H,2-11,16-17H2,1H3,(H,26,32). The third-order valence-electron chi connectivity index (χ3n) is 7.37. The van der Waals surface area contributed by atoms with E-state index in [1.807, 2.05) is 12.1 Å². The number of hydrogen-bond acceptors (Lipinski definition) is 5. The third kappa shape index (κ3) is 4.63. The quantitative estimate of drug-likeness (QED) is 0.610. The Morgan fingerprint density at radius 1 is 1.00 bits per heavy atom. The summed E-state index contributed by atoms with van der Waals surface area (Å²) in [5.41, 5.74) is 2.93. The van der Waals surface area contributed by atoms with Gasteiger partial charge in [0.05, 0.1) is 12.6 Å². The minimum atomic E-state index is 0.00837. The predicted molar refractivity (Wildman–Crippen MR) is 125 cm³/mol. The molecule has 32 heavy (non-hydrogen) atoms. The fourth-order valence-electron chi connectivity index (χ4n) is 5.58. The molecule has 1 N–H and O–H groups in total. The van der Waals surface area contributed by atoms with Gasteiger partial charge in [-0.15, -0.1) is 5.10 Å². The van der Waals surface area contributed by atoms with Crippen LogP contribution in [-0.4, -0.2) is 36.1 Å². The Bertz CT molecular complexity index is 1110. The van der Waals surface area contributed by atoms with Crippen LogP contribution < -0.4 is 5.56 Å². The zero-order valence-corrected chi connectivity index (χ0v) is 19.1. The summed E-state index contributed by atoms with van der Waals surface area (Å²) in [4.78, 5) is 18.5. The highest BCUT2D eigenvalue weighted by Crippen LogP contribution is 2.30. The molecule has 7 nitrogen and oxygen atoms in total. The van der Waals surface area contributed by atoms with Crippen LogP contribution >= 0.6 is 0 Å². The summed E-state index contributed by atoms with van der Waals surface area (Å²) < 4.78 is 2.07. The van der Waals surface area contributed by atoms with E-state index in [9.17, 15) is 4.79 Å². The zero-order chi connectivity index (χ0) is 21.9. The number of H-pyrrole nitrogens is 1. The number of aromatic amines is 1. The number of rotatable bonds is 6. The lowest BCUT2D eigenvalue weighted by atomic mass is 9.93. The van der Waals surface area contributed by atoms with Gasteiger partial charge in [-0.1, -0.05) is 50.2 Å². The van der Waals surface area contributed by atoms with E-state index in [0.29, 0.717) is 25.2 Å². The molecule has 0 aliphatic heterocycles. The van der Waals surface area contributed by atoms with Crippen molar-refractivity contribution in [3.8, 4) is 0 Å². The number of fused-ring (bicyclic) bond motifs is 1. The molecule has 2 fully saturated rings. The van der Waals surface area contributed by atoms with Gasteiger partial charge in [-0.05, 0) is 66.6 Å². The summed E-state index contributed by atoms with van der Waals surface area (Å²) in [6.07, 6.45) is 12.3. The molecule has 1 aromatic carbocycles. The molecule has 170 valence electrons. The van der Waals surface area contributed by atoms with Gasteiger partial charge in [-0.25, -0.2) is 4.68 Å². The van der Waals surface area contributed by atoms with Crippen molar-refractivity contribution in [2.75, 3.05) is 0 Å². The van der Waals surface area contributed by atoms with Crippen molar-refractivity contribution in [2.24, 2.45) is 0 Å². The van der Waals surface area contributed by atoms with Gasteiger partial charge in [-0.3, -0.25) is 9.69 Å². The van der Waals surface area contributed by atoms with Crippen LogP contribution in [0.3, 0.4) is 0 Å². The van der Waals surface area contributed by atoms with Crippen LogP contribution in [-0.2, 0) is 13.1 Å². The van der Waals surface area contributed by atoms with Gasteiger partial charge in [0.2, 0.25) is 0 Å². The largest absolute Gasteiger partial charge is 0.322 e. The molecular formula is C25H34N6O. The molecular weight excluding hydrogens is 400 g/mol. The fourth-order valence-corrected chi connectivity index (χ4v) is 5.58.